The van der Waals surface area contributed by atoms with E-state index in [0.717, 1.165) is 37.4 Å². The van der Waals surface area contributed by atoms with Gasteiger partial charge in [-0.3, -0.25) is 10.1 Å². The molecule has 0 unspecified atom stereocenters. The van der Waals surface area contributed by atoms with Gasteiger partial charge in [-0.15, -0.1) is 10.2 Å². The second-order valence-corrected chi connectivity index (χ2v) is 6.85. The molecule has 1 fully saturated rings. The molecular weight excluding hydrogens is 332 g/mol. The summed E-state index contributed by atoms with van der Waals surface area (Å²) in [5, 5.41) is 12.6. The number of carbonyl (C=O) groups is 2. The Bertz CT molecular complexity index is 694. The van der Waals surface area contributed by atoms with Gasteiger partial charge in [0.2, 0.25) is 5.91 Å². The fourth-order valence-electron chi connectivity index (χ4n) is 2.47. The molecule has 2 heterocycles. The van der Waals surface area contributed by atoms with E-state index in [1.807, 2.05) is 0 Å². The molecule has 9 heteroatoms. The van der Waals surface area contributed by atoms with E-state index in [0.29, 0.717) is 5.76 Å². The third kappa shape index (κ3) is 4.16. The highest BCUT2D eigenvalue weighted by Crippen LogP contribution is 2.26. The summed E-state index contributed by atoms with van der Waals surface area (Å²) < 4.78 is 10.6. The molecule has 24 heavy (non-hydrogen) atoms. The summed E-state index contributed by atoms with van der Waals surface area (Å²) in [5.41, 5.74) is 0. The van der Waals surface area contributed by atoms with Crippen LogP contribution in [0, 0.1) is 0 Å². The summed E-state index contributed by atoms with van der Waals surface area (Å²) in [6.07, 6.45) is 5.65. The van der Waals surface area contributed by atoms with Crippen LogP contribution >= 0.6 is 11.8 Å². The lowest BCUT2D eigenvalue weighted by Crippen LogP contribution is -2.45. The molecule has 2 aromatic rings. The number of nitrogens with zero attached hydrogens (tertiary/aromatic N) is 2. The van der Waals surface area contributed by atoms with Crippen LogP contribution in [0.2, 0.25) is 0 Å². The number of imide groups is 1. The highest BCUT2D eigenvalue weighted by atomic mass is 32.2. The second kappa shape index (κ2) is 7.52. The summed E-state index contributed by atoms with van der Waals surface area (Å²) in [7, 11) is 0. The lowest BCUT2D eigenvalue weighted by atomic mass is 10.2. The number of hydrogen-bond donors (Lipinski definition) is 2. The number of hydrogen-bond acceptors (Lipinski definition) is 7. The SMILES string of the molecule is C[C@H](Sc1nnc(-c2ccco2)o1)C(=O)NC(=O)NC1CCCC1. The maximum atomic E-state index is 12.1. The summed E-state index contributed by atoms with van der Waals surface area (Å²) in [6, 6.07) is 3.12. The second-order valence-electron chi connectivity index (χ2n) is 5.55. The van der Waals surface area contributed by atoms with Crippen LogP contribution in [0.25, 0.3) is 11.7 Å². The van der Waals surface area contributed by atoms with Crippen molar-refractivity contribution < 1.29 is 18.4 Å². The van der Waals surface area contributed by atoms with Gasteiger partial charge in [-0.2, -0.15) is 0 Å². The largest absolute Gasteiger partial charge is 0.459 e. The number of thioether (sulfide) groups is 1. The topological polar surface area (TPSA) is 110 Å². The highest BCUT2D eigenvalue weighted by molar-refractivity contribution is 8.00. The van der Waals surface area contributed by atoms with Crippen LogP contribution < -0.4 is 10.6 Å². The molecule has 3 rings (SSSR count). The third-order valence-corrected chi connectivity index (χ3v) is 4.65. The lowest BCUT2D eigenvalue weighted by Gasteiger charge is -2.13. The molecule has 2 aromatic heterocycles. The maximum Gasteiger partial charge on any atom is 0.321 e. The van der Waals surface area contributed by atoms with Gasteiger partial charge in [0.05, 0.1) is 11.5 Å². The van der Waals surface area contributed by atoms with Crippen LogP contribution in [0.3, 0.4) is 0 Å². The van der Waals surface area contributed by atoms with E-state index < -0.39 is 17.2 Å². The summed E-state index contributed by atoms with van der Waals surface area (Å²) >= 11 is 1.08. The number of furan rings is 1. The first-order valence-electron chi connectivity index (χ1n) is 7.77. The van der Waals surface area contributed by atoms with Crippen molar-refractivity contribution in [2.24, 2.45) is 0 Å². The first-order chi connectivity index (χ1) is 11.6. The van der Waals surface area contributed by atoms with Gasteiger partial charge in [-0.25, -0.2) is 4.79 Å². The molecule has 1 atom stereocenters. The quantitative estimate of drug-likeness (QED) is 0.797. The number of rotatable bonds is 5. The Morgan fingerprint density at radius 3 is 2.83 bits per heavy atom. The third-order valence-electron chi connectivity index (χ3n) is 3.71. The first kappa shape index (κ1) is 16.6. The highest BCUT2D eigenvalue weighted by Gasteiger charge is 2.23. The molecule has 0 aromatic carbocycles. The standard InChI is InChI=1S/C15H18N4O4S/c1-9(12(20)17-14(21)16-10-5-2-3-6-10)24-15-19-18-13(23-15)11-7-4-8-22-11/h4,7-10H,2-3,5-6H2,1H3,(H2,16,17,20,21)/t9-/m0/s1. The van der Waals surface area contributed by atoms with Crippen molar-refractivity contribution in [3.05, 3.63) is 18.4 Å². The molecule has 128 valence electrons. The number of carbonyl (C=O) groups excluding carboxylic acids is 2. The molecule has 0 bridgehead atoms. The smallest absolute Gasteiger partial charge is 0.321 e. The molecular formula is C15H18N4O4S. The number of aromatic nitrogens is 2. The predicted molar refractivity (Wildman–Crippen MR) is 86.2 cm³/mol. The van der Waals surface area contributed by atoms with E-state index in [1.54, 1.807) is 19.1 Å². The van der Waals surface area contributed by atoms with Gasteiger partial charge < -0.3 is 14.2 Å². The summed E-state index contributed by atoms with van der Waals surface area (Å²) in [4.78, 5) is 23.9. The van der Waals surface area contributed by atoms with Crippen LogP contribution in [0.1, 0.15) is 32.6 Å². The zero-order valence-corrected chi connectivity index (χ0v) is 14.0. The molecule has 0 aliphatic heterocycles. The van der Waals surface area contributed by atoms with Gasteiger partial charge in [0.1, 0.15) is 0 Å². The van der Waals surface area contributed by atoms with E-state index in [9.17, 15) is 9.59 Å². The minimum Gasteiger partial charge on any atom is -0.459 e. The Labute approximate surface area is 142 Å². The monoisotopic (exact) mass is 350 g/mol. The van der Waals surface area contributed by atoms with Gasteiger partial charge in [0, 0.05) is 6.04 Å². The lowest BCUT2D eigenvalue weighted by molar-refractivity contribution is -0.119. The predicted octanol–water partition coefficient (Wildman–Crippen LogP) is 2.58. The molecule has 3 amide bonds. The van der Waals surface area contributed by atoms with Crippen molar-refractivity contribution >= 4 is 23.7 Å². The van der Waals surface area contributed by atoms with Crippen molar-refractivity contribution in [2.45, 2.75) is 49.1 Å². The van der Waals surface area contributed by atoms with Crippen LogP contribution in [0.15, 0.2) is 32.5 Å². The van der Waals surface area contributed by atoms with Gasteiger partial charge >= 0.3 is 6.03 Å². The summed E-state index contributed by atoms with van der Waals surface area (Å²) in [6.45, 7) is 1.67. The Morgan fingerprint density at radius 2 is 2.12 bits per heavy atom. The van der Waals surface area contributed by atoms with E-state index in [-0.39, 0.29) is 17.2 Å². The molecule has 8 nitrogen and oxygen atoms in total. The van der Waals surface area contributed by atoms with E-state index >= 15 is 0 Å². The normalized spacial score (nSPS) is 16.0. The Hall–Kier alpha value is -2.29. The van der Waals surface area contributed by atoms with Crippen molar-refractivity contribution in [3.8, 4) is 11.7 Å². The minimum absolute atomic E-state index is 0.160. The van der Waals surface area contributed by atoms with Gasteiger partial charge in [0.25, 0.3) is 11.1 Å². The maximum absolute atomic E-state index is 12.1. The Kier molecular flexibility index (Phi) is 5.19. The fourth-order valence-corrected chi connectivity index (χ4v) is 3.15. The number of urea groups is 1. The van der Waals surface area contributed by atoms with Crippen LogP contribution in [0.5, 0.6) is 0 Å². The van der Waals surface area contributed by atoms with E-state index in [2.05, 4.69) is 20.8 Å². The van der Waals surface area contributed by atoms with Crippen LogP contribution in [-0.4, -0.2) is 33.4 Å². The average Bonchev–Trinajstić information content (AvgIpc) is 3.29. The molecule has 0 radical (unpaired) electrons. The molecule has 0 spiro atoms. The molecule has 1 saturated carbocycles. The van der Waals surface area contributed by atoms with Crippen LogP contribution in [0.4, 0.5) is 4.79 Å². The molecule has 2 N–H and O–H groups in total. The molecule has 1 aliphatic rings. The summed E-state index contributed by atoms with van der Waals surface area (Å²) in [5.74, 6) is 0.296. The zero-order valence-electron chi connectivity index (χ0n) is 13.2. The van der Waals surface area contributed by atoms with Crippen molar-refractivity contribution in [2.75, 3.05) is 0 Å². The Morgan fingerprint density at radius 1 is 1.33 bits per heavy atom. The van der Waals surface area contributed by atoms with Crippen molar-refractivity contribution in [1.82, 2.24) is 20.8 Å². The molecule has 0 saturated heterocycles. The Balaban J connectivity index is 1.49. The molecule has 1 aliphatic carbocycles. The van der Waals surface area contributed by atoms with Gasteiger partial charge in [0.15, 0.2) is 5.76 Å². The zero-order chi connectivity index (χ0) is 16.9. The average molecular weight is 350 g/mol. The van der Waals surface area contributed by atoms with Crippen molar-refractivity contribution in [3.63, 3.8) is 0 Å². The van der Waals surface area contributed by atoms with E-state index in [1.165, 1.54) is 6.26 Å². The van der Waals surface area contributed by atoms with Gasteiger partial charge in [-0.1, -0.05) is 24.6 Å². The number of nitrogens with one attached hydrogen (secondary N) is 2. The number of amides is 3. The van der Waals surface area contributed by atoms with Gasteiger partial charge in [-0.05, 0) is 31.9 Å². The van der Waals surface area contributed by atoms with Crippen LogP contribution in [-0.2, 0) is 4.79 Å². The first-order valence-corrected chi connectivity index (χ1v) is 8.65. The fraction of sp³-hybridized carbons (Fsp3) is 0.467. The van der Waals surface area contributed by atoms with E-state index in [4.69, 9.17) is 8.83 Å². The minimum atomic E-state index is -0.552. The van der Waals surface area contributed by atoms with Crippen molar-refractivity contribution in [1.29, 1.82) is 0 Å².